The standard InChI is InChI=1S/C17H28O10S/c1-4-10-14(21)16(15(22)17(23-2)26-10)27-12(19)6-5-11(18)24-7-8-25-13(20)9-28-3/h10,14-17,21-22H,4-9H2,1-3H3/t10?,14-,15?,16+,17+/m1/s1. The van der Waals surface area contributed by atoms with E-state index in [2.05, 4.69) is 0 Å². The van der Waals surface area contributed by atoms with Gasteiger partial charge in [0, 0.05) is 7.11 Å². The molecule has 0 aromatic heterocycles. The van der Waals surface area contributed by atoms with Crippen LogP contribution in [-0.2, 0) is 38.1 Å². The molecular weight excluding hydrogens is 396 g/mol. The molecule has 1 heterocycles. The Hall–Kier alpha value is -1.40. The van der Waals surface area contributed by atoms with Crippen LogP contribution in [0.25, 0.3) is 0 Å². The number of hydrogen-bond donors (Lipinski definition) is 2. The summed E-state index contributed by atoms with van der Waals surface area (Å²) in [5, 5.41) is 20.4. The maximum atomic E-state index is 12.0. The number of aliphatic hydroxyl groups excluding tert-OH is 2. The van der Waals surface area contributed by atoms with Crippen molar-refractivity contribution in [1.82, 2.24) is 0 Å². The largest absolute Gasteiger partial charge is 0.462 e. The number of carbonyl (C=O) groups excluding carboxylic acids is 3. The normalized spacial score (nSPS) is 27.1. The molecule has 1 rings (SSSR count). The molecule has 0 aromatic rings. The zero-order valence-electron chi connectivity index (χ0n) is 16.2. The molecule has 2 N–H and O–H groups in total. The van der Waals surface area contributed by atoms with E-state index in [0.29, 0.717) is 6.42 Å². The summed E-state index contributed by atoms with van der Waals surface area (Å²) in [6.07, 6.45) is -3.88. The molecule has 0 saturated carbocycles. The predicted molar refractivity (Wildman–Crippen MR) is 97.4 cm³/mol. The van der Waals surface area contributed by atoms with Gasteiger partial charge < -0.3 is 33.9 Å². The van der Waals surface area contributed by atoms with Crippen molar-refractivity contribution < 1.29 is 48.3 Å². The van der Waals surface area contributed by atoms with E-state index in [4.69, 9.17) is 23.7 Å². The van der Waals surface area contributed by atoms with Crippen LogP contribution in [0.3, 0.4) is 0 Å². The van der Waals surface area contributed by atoms with E-state index >= 15 is 0 Å². The van der Waals surface area contributed by atoms with Crippen molar-refractivity contribution in [3.63, 3.8) is 0 Å². The van der Waals surface area contributed by atoms with E-state index in [0.717, 1.165) is 0 Å². The van der Waals surface area contributed by atoms with Crippen molar-refractivity contribution in [2.24, 2.45) is 0 Å². The first-order chi connectivity index (χ1) is 13.3. The second kappa shape index (κ2) is 12.9. The summed E-state index contributed by atoms with van der Waals surface area (Å²) in [6.45, 7) is 1.59. The summed E-state index contributed by atoms with van der Waals surface area (Å²) < 4.78 is 25.2. The lowest BCUT2D eigenvalue weighted by molar-refractivity contribution is -0.293. The fraction of sp³-hybridized carbons (Fsp3) is 0.824. The molecule has 1 saturated heterocycles. The molecule has 0 amide bonds. The first-order valence-electron chi connectivity index (χ1n) is 8.88. The number of rotatable bonds is 11. The van der Waals surface area contributed by atoms with Gasteiger partial charge in [-0.05, 0) is 12.7 Å². The van der Waals surface area contributed by atoms with Gasteiger partial charge in [-0.15, -0.1) is 0 Å². The number of carbonyl (C=O) groups is 3. The number of hydrogen-bond acceptors (Lipinski definition) is 11. The molecule has 2 unspecified atom stereocenters. The van der Waals surface area contributed by atoms with Gasteiger partial charge in [-0.2, -0.15) is 11.8 Å². The van der Waals surface area contributed by atoms with Crippen molar-refractivity contribution in [1.29, 1.82) is 0 Å². The van der Waals surface area contributed by atoms with E-state index in [-0.39, 0.29) is 31.8 Å². The van der Waals surface area contributed by atoms with Gasteiger partial charge >= 0.3 is 17.9 Å². The van der Waals surface area contributed by atoms with Crippen molar-refractivity contribution in [3.05, 3.63) is 0 Å². The Labute approximate surface area is 167 Å². The van der Waals surface area contributed by atoms with Gasteiger partial charge in [-0.3, -0.25) is 14.4 Å². The third-order valence-electron chi connectivity index (χ3n) is 3.95. The lowest BCUT2D eigenvalue weighted by Crippen LogP contribution is -2.59. The summed E-state index contributed by atoms with van der Waals surface area (Å²) in [5.41, 5.74) is 0. The second-order valence-corrected chi connectivity index (χ2v) is 6.86. The van der Waals surface area contributed by atoms with Crippen LogP contribution in [0, 0.1) is 0 Å². The smallest absolute Gasteiger partial charge is 0.316 e. The fourth-order valence-corrected chi connectivity index (χ4v) is 2.85. The first kappa shape index (κ1) is 24.6. The highest BCUT2D eigenvalue weighted by molar-refractivity contribution is 7.99. The second-order valence-electron chi connectivity index (χ2n) is 6.00. The highest BCUT2D eigenvalue weighted by Crippen LogP contribution is 2.26. The molecule has 10 nitrogen and oxygen atoms in total. The minimum Gasteiger partial charge on any atom is -0.462 e. The van der Waals surface area contributed by atoms with Gasteiger partial charge in [-0.1, -0.05) is 6.92 Å². The number of methoxy groups -OCH3 is 1. The van der Waals surface area contributed by atoms with Crippen molar-refractivity contribution in [2.45, 2.75) is 56.9 Å². The number of aliphatic hydroxyl groups is 2. The number of esters is 3. The molecule has 0 bridgehead atoms. The average molecular weight is 424 g/mol. The lowest BCUT2D eigenvalue weighted by Gasteiger charge is -2.41. The van der Waals surface area contributed by atoms with E-state index in [1.165, 1.54) is 18.9 Å². The van der Waals surface area contributed by atoms with Crippen LogP contribution >= 0.6 is 11.8 Å². The Bertz CT molecular complexity index is 498. The zero-order valence-corrected chi connectivity index (χ0v) is 17.0. The molecule has 0 aliphatic carbocycles. The van der Waals surface area contributed by atoms with Crippen LogP contribution < -0.4 is 0 Å². The summed E-state index contributed by atoms with van der Waals surface area (Å²) in [4.78, 5) is 34.7. The molecule has 11 heteroatoms. The van der Waals surface area contributed by atoms with Gasteiger partial charge in [0.25, 0.3) is 0 Å². The summed E-state index contributed by atoms with van der Waals surface area (Å²) in [6, 6.07) is 0. The molecule has 1 aliphatic heterocycles. The number of ether oxygens (including phenoxy) is 5. The molecule has 1 fully saturated rings. The highest BCUT2D eigenvalue weighted by Gasteiger charge is 2.46. The summed E-state index contributed by atoms with van der Waals surface area (Å²) in [7, 11) is 1.32. The molecule has 0 radical (unpaired) electrons. The van der Waals surface area contributed by atoms with Gasteiger partial charge in [0.1, 0.15) is 25.4 Å². The Morgan fingerprint density at radius 2 is 1.61 bits per heavy atom. The predicted octanol–water partition coefficient (Wildman–Crippen LogP) is -0.369. The van der Waals surface area contributed by atoms with E-state index in [1.54, 1.807) is 13.2 Å². The van der Waals surface area contributed by atoms with Gasteiger partial charge in [-0.25, -0.2) is 0 Å². The number of thioether (sulfide) groups is 1. The molecule has 1 aliphatic rings. The van der Waals surface area contributed by atoms with Crippen molar-refractivity contribution in [3.8, 4) is 0 Å². The van der Waals surface area contributed by atoms with Crippen LogP contribution in [0.2, 0.25) is 0 Å². The van der Waals surface area contributed by atoms with Crippen LogP contribution in [0.15, 0.2) is 0 Å². The fourth-order valence-electron chi connectivity index (χ4n) is 2.53. The molecular formula is C17H28O10S. The van der Waals surface area contributed by atoms with Gasteiger partial charge in [0.05, 0.1) is 24.7 Å². The van der Waals surface area contributed by atoms with Crippen LogP contribution in [0.4, 0.5) is 0 Å². The zero-order chi connectivity index (χ0) is 21.1. The van der Waals surface area contributed by atoms with Gasteiger partial charge in [0.15, 0.2) is 12.4 Å². The molecule has 162 valence electrons. The van der Waals surface area contributed by atoms with Crippen LogP contribution in [0.1, 0.15) is 26.2 Å². The molecule has 28 heavy (non-hydrogen) atoms. The van der Waals surface area contributed by atoms with E-state index in [9.17, 15) is 24.6 Å². The molecule has 0 spiro atoms. The van der Waals surface area contributed by atoms with E-state index < -0.39 is 48.6 Å². The topological polar surface area (TPSA) is 138 Å². The lowest BCUT2D eigenvalue weighted by atomic mass is 9.97. The Kier molecular flexibility index (Phi) is 11.4. The third-order valence-corrected chi connectivity index (χ3v) is 4.47. The Morgan fingerprint density at radius 1 is 1.00 bits per heavy atom. The quantitative estimate of drug-likeness (QED) is 0.255. The molecule has 5 atom stereocenters. The SMILES string of the molecule is CCC1O[C@H](OC)C(O)[C@@H](OC(=O)CCC(=O)OCCOC(=O)CSC)[C@@H]1O. The Balaban J connectivity index is 2.36. The summed E-state index contributed by atoms with van der Waals surface area (Å²) >= 11 is 1.32. The van der Waals surface area contributed by atoms with Crippen molar-refractivity contribution >= 4 is 29.7 Å². The van der Waals surface area contributed by atoms with Crippen LogP contribution in [-0.4, -0.2) is 91.2 Å². The average Bonchev–Trinajstić information content (AvgIpc) is 2.67. The monoisotopic (exact) mass is 424 g/mol. The first-order valence-corrected chi connectivity index (χ1v) is 10.3. The maximum Gasteiger partial charge on any atom is 0.316 e. The minimum atomic E-state index is -1.37. The molecule has 0 aromatic carbocycles. The van der Waals surface area contributed by atoms with Crippen molar-refractivity contribution in [2.75, 3.05) is 32.3 Å². The van der Waals surface area contributed by atoms with Gasteiger partial charge in [0.2, 0.25) is 0 Å². The summed E-state index contributed by atoms with van der Waals surface area (Å²) in [5.74, 6) is -1.63. The highest BCUT2D eigenvalue weighted by atomic mass is 32.2. The minimum absolute atomic E-state index is 0.0626. The maximum absolute atomic E-state index is 12.0. The van der Waals surface area contributed by atoms with Crippen LogP contribution in [0.5, 0.6) is 0 Å². The third kappa shape index (κ3) is 7.92. The Morgan fingerprint density at radius 3 is 2.18 bits per heavy atom. The van der Waals surface area contributed by atoms with E-state index in [1.807, 2.05) is 0 Å².